The van der Waals surface area contributed by atoms with Gasteiger partial charge in [-0.1, -0.05) is 46.0 Å². The lowest BCUT2D eigenvalue weighted by atomic mass is 9.88. The summed E-state index contributed by atoms with van der Waals surface area (Å²) in [5, 5.41) is 3.64. The molecule has 1 unspecified atom stereocenters. The van der Waals surface area contributed by atoms with Crippen molar-refractivity contribution in [1.82, 2.24) is 5.32 Å². The molecule has 1 aliphatic rings. The van der Waals surface area contributed by atoms with Crippen LogP contribution in [0.3, 0.4) is 0 Å². The average molecular weight is 227 g/mol. The summed E-state index contributed by atoms with van der Waals surface area (Å²) in [6.45, 7) is 9.86. The van der Waals surface area contributed by atoms with Crippen LogP contribution in [0.1, 0.15) is 59.3 Å². The van der Waals surface area contributed by atoms with E-state index in [9.17, 15) is 0 Å². The van der Waals surface area contributed by atoms with Crippen LogP contribution >= 0.6 is 0 Å². The summed E-state index contributed by atoms with van der Waals surface area (Å²) in [5.74, 6) is 0. The molecular weight excluding hydrogens is 198 g/mol. The van der Waals surface area contributed by atoms with Crippen molar-refractivity contribution in [2.45, 2.75) is 65.3 Å². The van der Waals surface area contributed by atoms with Gasteiger partial charge in [-0.25, -0.2) is 0 Å². The topological polar surface area (TPSA) is 21.3 Å². The molecule has 1 fully saturated rings. The van der Waals surface area contributed by atoms with Gasteiger partial charge in [-0.3, -0.25) is 0 Å². The minimum Gasteiger partial charge on any atom is -0.380 e. The van der Waals surface area contributed by atoms with Crippen molar-refractivity contribution >= 4 is 0 Å². The molecule has 1 aliphatic heterocycles. The Balaban J connectivity index is 1.92. The van der Waals surface area contributed by atoms with E-state index in [2.05, 4.69) is 26.1 Å². The van der Waals surface area contributed by atoms with Crippen molar-refractivity contribution < 1.29 is 4.74 Å². The van der Waals surface area contributed by atoms with Crippen molar-refractivity contribution in [2.24, 2.45) is 5.41 Å². The maximum atomic E-state index is 5.26. The zero-order valence-electron chi connectivity index (χ0n) is 11.3. The highest BCUT2D eigenvalue weighted by Gasteiger charge is 2.32. The number of hydrogen-bond donors (Lipinski definition) is 1. The van der Waals surface area contributed by atoms with Crippen LogP contribution in [0, 0.1) is 5.41 Å². The molecule has 96 valence electrons. The van der Waals surface area contributed by atoms with Crippen LogP contribution in [-0.4, -0.2) is 25.8 Å². The molecular formula is C14H29NO. The molecule has 0 aromatic rings. The lowest BCUT2D eigenvalue weighted by molar-refractivity contribution is -0.0999. The zero-order chi connectivity index (χ0) is 11.9. The highest BCUT2D eigenvalue weighted by atomic mass is 16.5. The highest BCUT2D eigenvalue weighted by Crippen LogP contribution is 2.25. The average Bonchev–Trinajstić information content (AvgIpc) is 2.23. The molecule has 0 aliphatic carbocycles. The summed E-state index contributed by atoms with van der Waals surface area (Å²) in [6, 6.07) is 0.666. The SMILES string of the molecule is CCCCCCCC(C)NCC1(C)COC1. The van der Waals surface area contributed by atoms with Crippen LogP contribution in [-0.2, 0) is 4.74 Å². The summed E-state index contributed by atoms with van der Waals surface area (Å²) in [4.78, 5) is 0. The van der Waals surface area contributed by atoms with E-state index in [1.807, 2.05) is 0 Å². The van der Waals surface area contributed by atoms with Crippen LogP contribution < -0.4 is 5.32 Å². The Kier molecular flexibility index (Phi) is 6.37. The molecule has 1 atom stereocenters. The number of ether oxygens (including phenoxy) is 1. The van der Waals surface area contributed by atoms with E-state index in [4.69, 9.17) is 4.74 Å². The Labute approximate surface area is 101 Å². The maximum Gasteiger partial charge on any atom is 0.0554 e. The van der Waals surface area contributed by atoms with Gasteiger partial charge in [0.25, 0.3) is 0 Å². The van der Waals surface area contributed by atoms with Crippen LogP contribution in [0.2, 0.25) is 0 Å². The first kappa shape index (κ1) is 14.0. The van der Waals surface area contributed by atoms with Crippen LogP contribution in [0.5, 0.6) is 0 Å². The molecule has 0 bridgehead atoms. The van der Waals surface area contributed by atoms with E-state index in [0.29, 0.717) is 11.5 Å². The van der Waals surface area contributed by atoms with Gasteiger partial charge in [0.1, 0.15) is 0 Å². The molecule has 1 rings (SSSR count). The number of unbranched alkanes of at least 4 members (excludes halogenated alkanes) is 4. The van der Waals surface area contributed by atoms with Gasteiger partial charge in [-0.2, -0.15) is 0 Å². The largest absolute Gasteiger partial charge is 0.380 e. The first-order valence-corrected chi connectivity index (χ1v) is 6.97. The molecule has 0 aromatic carbocycles. The van der Waals surface area contributed by atoms with Crippen molar-refractivity contribution in [3.8, 4) is 0 Å². The summed E-state index contributed by atoms with van der Waals surface area (Å²) >= 11 is 0. The fourth-order valence-corrected chi connectivity index (χ4v) is 2.13. The summed E-state index contributed by atoms with van der Waals surface area (Å²) < 4.78 is 5.26. The van der Waals surface area contributed by atoms with E-state index in [-0.39, 0.29) is 0 Å². The van der Waals surface area contributed by atoms with Gasteiger partial charge in [-0.15, -0.1) is 0 Å². The second-order valence-corrected chi connectivity index (χ2v) is 5.79. The molecule has 0 saturated carbocycles. The van der Waals surface area contributed by atoms with Crippen molar-refractivity contribution in [2.75, 3.05) is 19.8 Å². The molecule has 1 N–H and O–H groups in total. The van der Waals surface area contributed by atoms with E-state index < -0.39 is 0 Å². The smallest absolute Gasteiger partial charge is 0.0554 e. The van der Waals surface area contributed by atoms with E-state index in [0.717, 1.165) is 19.8 Å². The van der Waals surface area contributed by atoms with Crippen LogP contribution in [0.25, 0.3) is 0 Å². The first-order chi connectivity index (χ1) is 7.66. The molecule has 0 radical (unpaired) electrons. The van der Waals surface area contributed by atoms with Crippen molar-refractivity contribution in [3.63, 3.8) is 0 Å². The lowest BCUT2D eigenvalue weighted by Gasteiger charge is -2.39. The van der Waals surface area contributed by atoms with Crippen LogP contribution in [0.15, 0.2) is 0 Å². The minimum absolute atomic E-state index is 0.413. The highest BCUT2D eigenvalue weighted by molar-refractivity contribution is 4.83. The number of rotatable bonds is 9. The second-order valence-electron chi connectivity index (χ2n) is 5.79. The van der Waals surface area contributed by atoms with E-state index in [1.165, 1.54) is 38.5 Å². The van der Waals surface area contributed by atoms with Gasteiger partial charge in [-0.05, 0) is 13.3 Å². The standard InChI is InChI=1S/C14H29NO/c1-4-5-6-7-8-9-13(2)15-10-14(3)11-16-12-14/h13,15H,4-12H2,1-3H3. The predicted octanol–water partition coefficient (Wildman–Crippen LogP) is 3.36. The third-order valence-electron chi connectivity index (χ3n) is 3.52. The van der Waals surface area contributed by atoms with E-state index in [1.54, 1.807) is 0 Å². The zero-order valence-corrected chi connectivity index (χ0v) is 11.3. The molecule has 0 spiro atoms. The lowest BCUT2D eigenvalue weighted by Crippen LogP contribution is -2.49. The Morgan fingerprint density at radius 3 is 2.44 bits per heavy atom. The molecule has 1 saturated heterocycles. The quantitative estimate of drug-likeness (QED) is 0.610. The Morgan fingerprint density at radius 1 is 1.19 bits per heavy atom. The number of nitrogens with one attached hydrogen (secondary N) is 1. The molecule has 0 amide bonds. The minimum atomic E-state index is 0.413. The summed E-state index contributed by atoms with van der Waals surface area (Å²) in [7, 11) is 0. The van der Waals surface area contributed by atoms with Crippen molar-refractivity contribution in [1.29, 1.82) is 0 Å². The van der Waals surface area contributed by atoms with Gasteiger partial charge in [0.15, 0.2) is 0 Å². The molecule has 1 heterocycles. The second kappa shape index (κ2) is 7.29. The van der Waals surface area contributed by atoms with Gasteiger partial charge in [0.05, 0.1) is 13.2 Å². The third kappa shape index (κ3) is 5.31. The summed E-state index contributed by atoms with van der Waals surface area (Å²) in [6.07, 6.45) is 8.25. The Hall–Kier alpha value is -0.0800. The normalized spacial score (nSPS) is 20.4. The Bertz CT molecular complexity index is 178. The molecule has 2 heteroatoms. The van der Waals surface area contributed by atoms with Gasteiger partial charge in [0.2, 0.25) is 0 Å². The molecule has 2 nitrogen and oxygen atoms in total. The third-order valence-corrected chi connectivity index (χ3v) is 3.52. The first-order valence-electron chi connectivity index (χ1n) is 6.97. The van der Waals surface area contributed by atoms with E-state index >= 15 is 0 Å². The van der Waals surface area contributed by atoms with Gasteiger partial charge >= 0.3 is 0 Å². The predicted molar refractivity (Wildman–Crippen MR) is 69.8 cm³/mol. The van der Waals surface area contributed by atoms with Crippen LogP contribution in [0.4, 0.5) is 0 Å². The molecule has 0 aromatic heterocycles. The van der Waals surface area contributed by atoms with Crippen molar-refractivity contribution in [3.05, 3.63) is 0 Å². The fraction of sp³-hybridized carbons (Fsp3) is 1.00. The molecule has 16 heavy (non-hydrogen) atoms. The Morgan fingerprint density at radius 2 is 1.88 bits per heavy atom. The fourth-order valence-electron chi connectivity index (χ4n) is 2.13. The monoisotopic (exact) mass is 227 g/mol. The number of hydrogen-bond acceptors (Lipinski definition) is 2. The summed E-state index contributed by atoms with van der Waals surface area (Å²) in [5.41, 5.74) is 0.413. The van der Waals surface area contributed by atoms with Gasteiger partial charge < -0.3 is 10.1 Å². The maximum absolute atomic E-state index is 5.26. The van der Waals surface area contributed by atoms with Gasteiger partial charge in [0, 0.05) is 18.0 Å².